The van der Waals surface area contributed by atoms with Crippen LogP contribution in [0.3, 0.4) is 0 Å². The molecule has 0 atom stereocenters. The van der Waals surface area contributed by atoms with Crippen LogP contribution in [0.1, 0.15) is 16.6 Å². The van der Waals surface area contributed by atoms with Gasteiger partial charge in [0.1, 0.15) is 0 Å². The fourth-order valence-corrected chi connectivity index (χ4v) is 2.04. The summed E-state index contributed by atoms with van der Waals surface area (Å²) in [6, 6.07) is 5.79. The van der Waals surface area contributed by atoms with Crippen LogP contribution in [0, 0.1) is 0 Å². The molecule has 0 spiro atoms. The van der Waals surface area contributed by atoms with Crippen LogP contribution < -0.4 is 0 Å². The predicted octanol–water partition coefficient (Wildman–Crippen LogP) is 3.01. The summed E-state index contributed by atoms with van der Waals surface area (Å²) in [5, 5.41) is 1.99. The van der Waals surface area contributed by atoms with E-state index in [1.165, 1.54) is 11.3 Å². The first-order valence-electron chi connectivity index (χ1n) is 4.27. The molecule has 0 aliphatic heterocycles. The molecule has 0 saturated heterocycles. The number of hydrogen-bond acceptors (Lipinski definition) is 3. The van der Waals surface area contributed by atoms with Crippen molar-refractivity contribution in [3.05, 3.63) is 40.8 Å². The fourth-order valence-electron chi connectivity index (χ4n) is 1.22. The van der Waals surface area contributed by atoms with Gasteiger partial charge in [0.15, 0.2) is 5.78 Å². The number of aromatic nitrogens is 1. The van der Waals surface area contributed by atoms with Crippen LogP contribution in [0.4, 0.5) is 0 Å². The second-order valence-electron chi connectivity index (χ2n) is 2.99. The zero-order valence-corrected chi connectivity index (χ0v) is 8.54. The molecule has 2 rings (SSSR count). The summed E-state index contributed by atoms with van der Waals surface area (Å²) in [5.41, 5.74) is 2.19. The van der Waals surface area contributed by atoms with Crippen molar-refractivity contribution in [3.8, 4) is 11.1 Å². The van der Waals surface area contributed by atoms with Crippen molar-refractivity contribution in [2.75, 3.05) is 0 Å². The molecule has 0 aliphatic carbocycles. The molecule has 0 saturated carbocycles. The van der Waals surface area contributed by atoms with Gasteiger partial charge in [-0.3, -0.25) is 9.78 Å². The minimum absolute atomic E-state index is 0.121. The highest BCUT2D eigenvalue weighted by molar-refractivity contribution is 7.12. The number of nitrogens with zero attached hydrogens (tertiary/aromatic N) is 1. The zero-order valence-electron chi connectivity index (χ0n) is 7.73. The Morgan fingerprint density at radius 1 is 1.29 bits per heavy atom. The summed E-state index contributed by atoms with van der Waals surface area (Å²) in [7, 11) is 0. The van der Waals surface area contributed by atoms with Gasteiger partial charge >= 0.3 is 0 Å². The van der Waals surface area contributed by atoms with Crippen molar-refractivity contribution in [2.24, 2.45) is 0 Å². The Morgan fingerprint density at radius 2 is 2.00 bits per heavy atom. The van der Waals surface area contributed by atoms with E-state index in [2.05, 4.69) is 4.98 Å². The third-order valence-electron chi connectivity index (χ3n) is 1.96. The maximum absolute atomic E-state index is 11.1. The lowest BCUT2D eigenvalue weighted by Gasteiger charge is -1.93. The molecule has 2 nitrogen and oxygen atoms in total. The van der Waals surface area contributed by atoms with Gasteiger partial charge in [-0.1, -0.05) is 0 Å². The van der Waals surface area contributed by atoms with Gasteiger partial charge in [-0.05, 0) is 41.6 Å². The van der Waals surface area contributed by atoms with Gasteiger partial charge in [-0.2, -0.15) is 0 Å². The van der Waals surface area contributed by atoms with Crippen LogP contribution in [0.15, 0.2) is 36.0 Å². The summed E-state index contributed by atoms with van der Waals surface area (Å²) in [4.78, 5) is 15.8. The normalized spacial score (nSPS) is 10.1. The van der Waals surface area contributed by atoms with E-state index < -0.39 is 0 Å². The third kappa shape index (κ3) is 1.72. The highest BCUT2D eigenvalue weighted by atomic mass is 32.1. The van der Waals surface area contributed by atoms with Crippen molar-refractivity contribution >= 4 is 17.1 Å². The first kappa shape index (κ1) is 9.09. The SMILES string of the molecule is CC(=O)c1cc(-c2ccncc2)cs1. The molecular weight excluding hydrogens is 194 g/mol. The van der Waals surface area contributed by atoms with Crippen LogP contribution in [-0.4, -0.2) is 10.8 Å². The summed E-state index contributed by atoms with van der Waals surface area (Å²) < 4.78 is 0. The Kier molecular flexibility index (Phi) is 2.41. The number of Topliss-reactive ketones (excluding diaryl/α,β-unsaturated/α-hetero) is 1. The number of thiophene rings is 1. The molecule has 0 bridgehead atoms. The highest BCUT2D eigenvalue weighted by Crippen LogP contribution is 2.25. The van der Waals surface area contributed by atoms with Crippen LogP contribution in [0.2, 0.25) is 0 Å². The monoisotopic (exact) mass is 203 g/mol. The summed E-state index contributed by atoms with van der Waals surface area (Å²) in [6.45, 7) is 1.59. The second kappa shape index (κ2) is 3.72. The maximum atomic E-state index is 11.1. The lowest BCUT2D eigenvalue weighted by atomic mass is 10.1. The largest absolute Gasteiger partial charge is 0.294 e. The molecule has 0 N–H and O–H groups in total. The Balaban J connectivity index is 2.39. The van der Waals surface area contributed by atoms with Crippen molar-refractivity contribution in [1.82, 2.24) is 4.98 Å². The number of carbonyl (C=O) groups excluding carboxylic acids is 1. The van der Waals surface area contributed by atoms with E-state index in [-0.39, 0.29) is 5.78 Å². The number of hydrogen-bond donors (Lipinski definition) is 0. The Bertz CT molecular complexity index is 447. The van der Waals surface area contributed by atoms with Crippen molar-refractivity contribution in [1.29, 1.82) is 0 Å². The Morgan fingerprint density at radius 3 is 2.57 bits per heavy atom. The summed E-state index contributed by atoms with van der Waals surface area (Å²) in [5.74, 6) is 0.121. The van der Waals surface area contributed by atoms with Gasteiger partial charge in [-0.25, -0.2) is 0 Å². The van der Waals surface area contributed by atoms with E-state index in [0.29, 0.717) is 0 Å². The van der Waals surface area contributed by atoms with Crippen LogP contribution in [-0.2, 0) is 0 Å². The van der Waals surface area contributed by atoms with Crippen LogP contribution in [0.5, 0.6) is 0 Å². The van der Waals surface area contributed by atoms with E-state index in [9.17, 15) is 4.79 Å². The van der Waals surface area contributed by atoms with Gasteiger partial charge in [0.25, 0.3) is 0 Å². The van der Waals surface area contributed by atoms with Crippen molar-refractivity contribution < 1.29 is 4.79 Å². The molecule has 2 aromatic heterocycles. The summed E-state index contributed by atoms with van der Waals surface area (Å²) >= 11 is 1.48. The van der Waals surface area contributed by atoms with Crippen LogP contribution in [0.25, 0.3) is 11.1 Å². The van der Waals surface area contributed by atoms with Gasteiger partial charge in [0, 0.05) is 12.4 Å². The van der Waals surface area contributed by atoms with Gasteiger partial charge in [-0.15, -0.1) is 11.3 Å². The lowest BCUT2D eigenvalue weighted by molar-refractivity contribution is 0.102. The topological polar surface area (TPSA) is 30.0 Å². The van der Waals surface area contributed by atoms with E-state index in [0.717, 1.165) is 16.0 Å². The average Bonchev–Trinajstić information content (AvgIpc) is 2.68. The Labute approximate surface area is 86.2 Å². The average molecular weight is 203 g/mol. The lowest BCUT2D eigenvalue weighted by Crippen LogP contribution is -1.84. The van der Waals surface area contributed by atoms with Gasteiger partial charge in [0.2, 0.25) is 0 Å². The first-order chi connectivity index (χ1) is 6.77. The van der Waals surface area contributed by atoms with Crippen molar-refractivity contribution in [2.45, 2.75) is 6.92 Å². The van der Waals surface area contributed by atoms with Gasteiger partial charge in [0.05, 0.1) is 4.88 Å². The van der Waals surface area contributed by atoms with Crippen LogP contribution >= 0.6 is 11.3 Å². The molecule has 2 heterocycles. The number of ketones is 1. The fraction of sp³-hybridized carbons (Fsp3) is 0.0909. The molecule has 70 valence electrons. The molecule has 2 aromatic rings. The molecule has 0 radical (unpaired) electrons. The predicted molar refractivity (Wildman–Crippen MR) is 57.6 cm³/mol. The van der Waals surface area contributed by atoms with Crippen molar-refractivity contribution in [3.63, 3.8) is 0 Å². The maximum Gasteiger partial charge on any atom is 0.169 e. The molecule has 0 unspecified atom stereocenters. The molecule has 0 fully saturated rings. The van der Waals surface area contributed by atoms with E-state index >= 15 is 0 Å². The minimum Gasteiger partial charge on any atom is -0.294 e. The Hall–Kier alpha value is -1.48. The molecular formula is C11H9NOS. The molecule has 0 aromatic carbocycles. The zero-order chi connectivity index (χ0) is 9.97. The highest BCUT2D eigenvalue weighted by Gasteiger charge is 2.04. The summed E-state index contributed by atoms with van der Waals surface area (Å²) in [6.07, 6.45) is 3.50. The van der Waals surface area contributed by atoms with E-state index in [1.807, 2.05) is 23.6 Å². The molecule has 0 amide bonds. The van der Waals surface area contributed by atoms with E-state index in [1.54, 1.807) is 19.3 Å². The standard InChI is InChI=1S/C11H9NOS/c1-8(13)11-6-10(7-14-11)9-2-4-12-5-3-9/h2-7H,1H3. The number of pyridine rings is 1. The molecule has 3 heteroatoms. The smallest absolute Gasteiger partial charge is 0.169 e. The minimum atomic E-state index is 0.121. The van der Waals surface area contributed by atoms with Gasteiger partial charge < -0.3 is 0 Å². The number of rotatable bonds is 2. The third-order valence-corrected chi connectivity index (χ3v) is 2.99. The number of carbonyl (C=O) groups is 1. The van der Waals surface area contributed by atoms with E-state index in [4.69, 9.17) is 0 Å². The molecule has 0 aliphatic rings. The first-order valence-corrected chi connectivity index (χ1v) is 5.15. The second-order valence-corrected chi connectivity index (χ2v) is 3.90. The molecule has 14 heavy (non-hydrogen) atoms. The quantitative estimate of drug-likeness (QED) is 0.702.